The van der Waals surface area contributed by atoms with E-state index in [4.69, 9.17) is 9.47 Å². The van der Waals surface area contributed by atoms with Crippen molar-refractivity contribution in [1.82, 2.24) is 0 Å². The van der Waals surface area contributed by atoms with Gasteiger partial charge < -0.3 is 19.7 Å². The number of ether oxygens (including phenoxy) is 2. The van der Waals surface area contributed by atoms with Gasteiger partial charge in [-0.05, 0) is 89.6 Å². The number of hydrogen-bond donors (Lipinski definition) is 2. The van der Waals surface area contributed by atoms with Crippen molar-refractivity contribution in [3.05, 3.63) is 83.4 Å². The topological polar surface area (TPSA) is 96.3 Å². The van der Waals surface area contributed by atoms with E-state index in [1.165, 1.54) is 0 Å². The molecule has 36 heavy (non-hydrogen) atoms. The number of rotatable bonds is 5. The van der Waals surface area contributed by atoms with Crippen LogP contribution in [0.25, 0.3) is 11.1 Å². The van der Waals surface area contributed by atoms with E-state index < -0.39 is 21.4 Å². The lowest BCUT2D eigenvalue weighted by molar-refractivity contribution is 0.128. The third-order valence-corrected chi connectivity index (χ3v) is 9.60. The lowest BCUT2D eigenvalue weighted by Crippen LogP contribution is -2.45. The molecule has 3 heterocycles. The van der Waals surface area contributed by atoms with Crippen molar-refractivity contribution in [2.24, 2.45) is 0 Å². The van der Waals surface area contributed by atoms with Gasteiger partial charge in [-0.2, -0.15) is 0 Å². The van der Waals surface area contributed by atoms with Gasteiger partial charge in [-0.25, -0.2) is 8.42 Å². The highest BCUT2D eigenvalue weighted by Crippen LogP contribution is 2.51. The van der Waals surface area contributed by atoms with E-state index in [9.17, 15) is 18.6 Å². The highest BCUT2D eigenvalue weighted by molar-refractivity contribution is 7.93. The molecule has 3 aliphatic rings. The van der Waals surface area contributed by atoms with Gasteiger partial charge in [-0.3, -0.25) is 4.31 Å². The normalized spacial score (nSPS) is 23.1. The maximum Gasteiger partial charge on any atom is 0.241 e. The predicted molar refractivity (Wildman–Crippen MR) is 138 cm³/mol. The van der Waals surface area contributed by atoms with Crippen LogP contribution in [0.4, 0.5) is 5.69 Å². The van der Waals surface area contributed by atoms with Gasteiger partial charge in [0.05, 0.1) is 18.9 Å². The smallest absolute Gasteiger partial charge is 0.241 e. The molecule has 1 saturated heterocycles. The first kappa shape index (κ1) is 22.9. The molecule has 0 unspecified atom stereocenters. The predicted octanol–water partition coefficient (Wildman–Crippen LogP) is 4.34. The van der Waals surface area contributed by atoms with Gasteiger partial charge in [0, 0.05) is 6.54 Å². The summed E-state index contributed by atoms with van der Waals surface area (Å²) in [5, 5.41) is 18.9. The van der Waals surface area contributed by atoms with Gasteiger partial charge in [-0.1, -0.05) is 24.3 Å². The van der Waals surface area contributed by atoms with Crippen molar-refractivity contribution in [2.75, 3.05) is 18.0 Å². The Morgan fingerprint density at radius 1 is 0.917 bits per heavy atom. The van der Waals surface area contributed by atoms with Crippen molar-refractivity contribution in [3.8, 4) is 17.2 Å². The standard InChI is InChI=1S/C28H27NO6S/c1-34-22-12-13-23-19(15-22)3-2-14-29(23)36(32,33)25-16-24-26(17-4-8-20(30)9-5-17)27(28(25)35-24)18-6-10-21(31)11-7-18/h4-13,15,24-25,28,30-31H,2-3,14,16H2,1H3/t24-,25+,28+/m0/s1. The maximum absolute atomic E-state index is 14.1. The molecule has 7 nitrogen and oxygen atoms in total. The minimum Gasteiger partial charge on any atom is -0.508 e. The Kier molecular flexibility index (Phi) is 5.46. The zero-order valence-electron chi connectivity index (χ0n) is 19.8. The summed E-state index contributed by atoms with van der Waals surface area (Å²) < 4.78 is 41.5. The minimum atomic E-state index is -3.74. The van der Waals surface area contributed by atoms with Crippen molar-refractivity contribution in [2.45, 2.75) is 36.7 Å². The Bertz CT molecular complexity index is 1450. The number of phenolic OH excluding ortho intramolecular Hbond substituents is 2. The fraction of sp³-hybridized carbons (Fsp3) is 0.286. The zero-order valence-corrected chi connectivity index (χ0v) is 20.6. The van der Waals surface area contributed by atoms with Crippen LogP contribution in [0.15, 0.2) is 66.7 Å². The van der Waals surface area contributed by atoms with Crippen LogP contribution in [-0.2, 0) is 21.2 Å². The number of anilines is 1. The van der Waals surface area contributed by atoms with Crippen LogP contribution in [0.5, 0.6) is 17.2 Å². The molecule has 0 aliphatic carbocycles. The molecule has 0 aromatic heterocycles. The van der Waals surface area contributed by atoms with E-state index in [1.54, 1.807) is 53.9 Å². The van der Waals surface area contributed by atoms with Gasteiger partial charge in [-0.15, -0.1) is 0 Å². The third kappa shape index (κ3) is 3.63. The van der Waals surface area contributed by atoms with E-state index in [0.717, 1.165) is 40.7 Å². The SMILES string of the molecule is COc1ccc2c(c1)CCCN2S(=O)(=O)[C@@H]1C[C@@H]2O[C@H]1C(c1ccc(O)cc1)=C2c1ccc(O)cc1. The Labute approximate surface area is 210 Å². The number of methoxy groups -OCH3 is 1. The van der Waals surface area contributed by atoms with E-state index in [2.05, 4.69) is 0 Å². The average molecular weight is 506 g/mol. The molecule has 1 fully saturated rings. The second-order valence-corrected chi connectivity index (χ2v) is 11.5. The minimum absolute atomic E-state index is 0.138. The van der Waals surface area contributed by atoms with Crippen LogP contribution in [0, 0.1) is 0 Å². The number of phenols is 2. The van der Waals surface area contributed by atoms with Crippen LogP contribution in [-0.4, -0.2) is 49.7 Å². The molecule has 2 bridgehead atoms. The molecule has 3 aliphatic heterocycles. The third-order valence-electron chi connectivity index (χ3n) is 7.40. The van der Waals surface area contributed by atoms with E-state index in [1.807, 2.05) is 24.3 Å². The summed E-state index contributed by atoms with van der Waals surface area (Å²) in [5.74, 6) is 1.02. The van der Waals surface area contributed by atoms with E-state index >= 15 is 0 Å². The quantitative estimate of drug-likeness (QED) is 0.536. The molecule has 3 atom stereocenters. The van der Waals surface area contributed by atoms with Crippen LogP contribution < -0.4 is 9.04 Å². The first-order valence-electron chi connectivity index (χ1n) is 12.0. The number of aromatic hydroxyl groups is 2. The largest absolute Gasteiger partial charge is 0.508 e. The molecule has 0 radical (unpaired) electrons. The Morgan fingerprint density at radius 2 is 1.56 bits per heavy atom. The molecular weight excluding hydrogens is 478 g/mol. The summed E-state index contributed by atoms with van der Waals surface area (Å²) in [7, 11) is -2.14. The highest BCUT2D eigenvalue weighted by Gasteiger charge is 2.54. The number of nitrogens with zero attached hydrogens (tertiary/aromatic N) is 1. The van der Waals surface area contributed by atoms with Gasteiger partial charge in [0.15, 0.2) is 0 Å². The summed E-state index contributed by atoms with van der Waals surface area (Å²) in [6.07, 6.45) is 0.864. The monoisotopic (exact) mass is 505 g/mol. The average Bonchev–Trinajstić information content (AvgIpc) is 3.49. The molecule has 3 aromatic carbocycles. The molecule has 2 N–H and O–H groups in total. The van der Waals surface area contributed by atoms with Crippen molar-refractivity contribution < 1.29 is 28.1 Å². The lowest BCUT2D eigenvalue weighted by atomic mass is 9.83. The van der Waals surface area contributed by atoms with Crippen molar-refractivity contribution in [1.29, 1.82) is 0 Å². The van der Waals surface area contributed by atoms with Gasteiger partial charge in [0.1, 0.15) is 28.6 Å². The molecule has 0 saturated carbocycles. The van der Waals surface area contributed by atoms with Crippen LogP contribution in [0.2, 0.25) is 0 Å². The van der Waals surface area contributed by atoms with Crippen LogP contribution in [0.3, 0.4) is 0 Å². The van der Waals surface area contributed by atoms with Gasteiger partial charge >= 0.3 is 0 Å². The summed E-state index contributed by atoms with van der Waals surface area (Å²) in [5.41, 5.74) is 5.12. The fourth-order valence-electron chi connectivity index (χ4n) is 5.74. The maximum atomic E-state index is 14.1. The summed E-state index contributed by atoms with van der Waals surface area (Å²) in [4.78, 5) is 0. The second-order valence-electron chi connectivity index (χ2n) is 9.46. The number of benzene rings is 3. The van der Waals surface area contributed by atoms with E-state index in [0.29, 0.717) is 24.4 Å². The molecule has 186 valence electrons. The number of hydrogen-bond acceptors (Lipinski definition) is 6. The highest BCUT2D eigenvalue weighted by atomic mass is 32.2. The summed E-state index contributed by atoms with van der Waals surface area (Å²) in [6.45, 7) is 0.429. The van der Waals surface area contributed by atoms with Crippen molar-refractivity contribution in [3.63, 3.8) is 0 Å². The molecule has 0 amide bonds. The molecule has 3 aromatic rings. The molecule has 0 spiro atoms. The first-order valence-corrected chi connectivity index (χ1v) is 13.5. The second kappa shape index (κ2) is 8.57. The number of aryl methyl sites for hydroxylation is 1. The molecule has 8 heteroatoms. The Hall–Kier alpha value is -3.49. The fourth-order valence-corrected chi connectivity index (χ4v) is 7.83. The van der Waals surface area contributed by atoms with Crippen molar-refractivity contribution >= 4 is 26.9 Å². The Balaban J connectivity index is 1.43. The number of fused-ring (bicyclic) bond motifs is 3. The van der Waals surface area contributed by atoms with Gasteiger partial charge in [0.2, 0.25) is 10.0 Å². The number of sulfonamides is 1. The van der Waals surface area contributed by atoms with Crippen LogP contribution in [0.1, 0.15) is 29.5 Å². The van der Waals surface area contributed by atoms with E-state index in [-0.39, 0.29) is 17.6 Å². The van der Waals surface area contributed by atoms with Gasteiger partial charge in [0.25, 0.3) is 0 Å². The molecule has 6 rings (SSSR count). The lowest BCUT2D eigenvalue weighted by Gasteiger charge is -2.35. The summed E-state index contributed by atoms with van der Waals surface area (Å²) >= 11 is 0. The van der Waals surface area contributed by atoms with Crippen LogP contribution >= 0.6 is 0 Å². The first-order chi connectivity index (χ1) is 17.4. The molecular formula is C28H27NO6S. The summed E-state index contributed by atoms with van der Waals surface area (Å²) in [6, 6.07) is 19.2. The zero-order chi connectivity index (χ0) is 25.0. The Morgan fingerprint density at radius 3 is 2.19 bits per heavy atom.